The number of rotatable bonds is 5. The zero-order valence-corrected chi connectivity index (χ0v) is 16.6. The van der Waals surface area contributed by atoms with Crippen molar-refractivity contribution in [1.82, 2.24) is 5.32 Å². The number of anilines is 1. The molecular weight excluding hydrogens is 401 g/mol. The summed E-state index contributed by atoms with van der Waals surface area (Å²) >= 11 is 1.16. The van der Waals surface area contributed by atoms with E-state index in [2.05, 4.69) is 15.5 Å². The molecule has 3 rings (SSSR count). The Morgan fingerprint density at radius 2 is 1.90 bits per heavy atom. The van der Waals surface area contributed by atoms with Crippen LogP contribution in [-0.2, 0) is 17.4 Å². The molecule has 1 fully saturated rings. The lowest BCUT2D eigenvalue weighted by atomic mass is 10.1. The first-order valence-electron chi connectivity index (χ1n) is 8.74. The molecule has 0 aliphatic carbocycles. The highest BCUT2D eigenvalue weighted by Gasteiger charge is 2.33. The average Bonchev–Trinajstić information content (AvgIpc) is 3.01. The molecule has 1 aliphatic rings. The SMILES string of the molecule is CN(C)c1ccc(/C=N/N=C2\NC(=O)C(Cc3cccc(C(F)(F)F)c3)S2)cc1. The molecule has 152 valence electrons. The minimum atomic E-state index is -4.41. The third kappa shape index (κ3) is 5.60. The monoisotopic (exact) mass is 420 g/mol. The number of nitrogens with one attached hydrogen (secondary N) is 1. The number of thioether (sulfide) groups is 1. The van der Waals surface area contributed by atoms with Gasteiger partial charge in [0.1, 0.15) is 0 Å². The number of amides is 1. The first-order chi connectivity index (χ1) is 13.7. The summed E-state index contributed by atoms with van der Waals surface area (Å²) in [6.07, 6.45) is -2.67. The summed E-state index contributed by atoms with van der Waals surface area (Å²) in [5.41, 5.74) is 1.63. The summed E-state index contributed by atoms with van der Waals surface area (Å²) in [7, 11) is 3.90. The smallest absolute Gasteiger partial charge is 0.378 e. The standard InChI is InChI=1S/C20H19F3N4OS/c1-27(2)16-8-6-13(7-9-16)12-24-26-19-25-18(28)17(29-19)11-14-4-3-5-15(10-14)20(21,22)23/h3-10,12,17H,11H2,1-2H3,(H,25,26,28)/b24-12+. The maximum atomic E-state index is 12.8. The fourth-order valence-corrected chi connectivity index (χ4v) is 3.65. The van der Waals surface area contributed by atoms with Crippen LogP contribution in [0.4, 0.5) is 18.9 Å². The van der Waals surface area contributed by atoms with E-state index in [1.165, 1.54) is 6.07 Å². The van der Waals surface area contributed by atoms with Crippen molar-refractivity contribution in [3.05, 3.63) is 65.2 Å². The Labute approximate surface area is 170 Å². The van der Waals surface area contributed by atoms with E-state index in [0.717, 1.165) is 35.1 Å². The van der Waals surface area contributed by atoms with E-state index in [4.69, 9.17) is 0 Å². The van der Waals surface area contributed by atoms with Gasteiger partial charge in [-0.05, 0) is 35.7 Å². The quantitative estimate of drug-likeness (QED) is 0.589. The van der Waals surface area contributed by atoms with E-state index in [0.29, 0.717) is 10.7 Å². The molecule has 1 N–H and O–H groups in total. The molecule has 1 unspecified atom stereocenters. The van der Waals surface area contributed by atoms with Crippen molar-refractivity contribution in [3.8, 4) is 0 Å². The Morgan fingerprint density at radius 1 is 1.17 bits per heavy atom. The van der Waals surface area contributed by atoms with Crippen molar-refractivity contribution in [3.63, 3.8) is 0 Å². The van der Waals surface area contributed by atoms with Crippen LogP contribution in [0.2, 0.25) is 0 Å². The molecule has 0 bridgehead atoms. The fraction of sp³-hybridized carbons (Fsp3) is 0.250. The zero-order valence-electron chi connectivity index (χ0n) is 15.8. The summed E-state index contributed by atoms with van der Waals surface area (Å²) in [4.78, 5) is 14.1. The van der Waals surface area contributed by atoms with Crippen molar-refractivity contribution in [2.24, 2.45) is 10.2 Å². The molecule has 0 radical (unpaired) electrons. The molecule has 1 saturated heterocycles. The first-order valence-corrected chi connectivity index (χ1v) is 9.62. The van der Waals surface area contributed by atoms with Gasteiger partial charge in [0.15, 0.2) is 5.17 Å². The second kappa shape index (κ2) is 8.69. The Balaban J connectivity index is 1.62. The second-order valence-electron chi connectivity index (χ2n) is 6.63. The molecule has 2 aromatic carbocycles. The van der Waals surface area contributed by atoms with Gasteiger partial charge in [-0.25, -0.2) is 0 Å². The van der Waals surface area contributed by atoms with Crippen molar-refractivity contribution >= 4 is 34.7 Å². The molecular formula is C20H19F3N4OS. The van der Waals surface area contributed by atoms with Crippen LogP contribution < -0.4 is 10.2 Å². The van der Waals surface area contributed by atoms with E-state index >= 15 is 0 Å². The maximum absolute atomic E-state index is 12.8. The highest BCUT2D eigenvalue weighted by Crippen LogP contribution is 2.31. The van der Waals surface area contributed by atoms with Crippen molar-refractivity contribution in [1.29, 1.82) is 0 Å². The zero-order chi connectivity index (χ0) is 21.0. The van der Waals surface area contributed by atoms with Gasteiger partial charge in [-0.2, -0.15) is 18.3 Å². The minimum absolute atomic E-state index is 0.176. The Bertz CT molecular complexity index is 939. The summed E-state index contributed by atoms with van der Waals surface area (Å²) in [5, 5.41) is 10.4. The fourth-order valence-electron chi connectivity index (χ4n) is 2.68. The van der Waals surface area contributed by atoms with Gasteiger partial charge in [-0.3, -0.25) is 4.79 Å². The second-order valence-corrected chi connectivity index (χ2v) is 7.83. The molecule has 1 amide bonds. The van der Waals surface area contributed by atoms with Gasteiger partial charge in [0.25, 0.3) is 0 Å². The maximum Gasteiger partial charge on any atom is 0.416 e. The van der Waals surface area contributed by atoms with E-state index in [1.807, 2.05) is 43.3 Å². The third-order valence-electron chi connectivity index (χ3n) is 4.22. The molecule has 1 heterocycles. The minimum Gasteiger partial charge on any atom is -0.378 e. The van der Waals surface area contributed by atoms with Crippen molar-refractivity contribution in [2.45, 2.75) is 17.8 Å². The average molecular weight is 420 g/mol. The largest absolute Gasteiger partial charge is 0.416 e. The van der Waals surface area contributed by atoms with Crippen LogP contribution in [0.3, 0.4) is 0 Å². The third-order valence-corrected chi connectivity index (χ3v) is 5.29. The van der Waals surface area contributed by atoms with Gasteiger partial charge in [-0.1, -0.05) is 42.1 Å². The summed E-state index contributed by atoms with van der Waals surface area (Å²) in [5.74, 6) is -0.295. The predicted molar refractivity (Wildman–Crippen MR) is 110 cm³/mol. The molecule has 5 nitrogen and oxygen atoms in total. The number of benzene rings is 2. The number of hydrogen-bond donors (Lipinski definition) is 1. The number of alkyl halides is 3. The topological polar surface area (TPSA) is 57.1 Å². The molecule has 0 spiro atoms. The van der Waals surface area contributed by atoms with Crippen LogP contribution in [0.5, 0.6) is 0 Å². The summed E-state index contributed by atoms with van der Waals surface area (Å²) in [6, 6.07) is 12.7. The van der Waals surface area contributed by atoms with Crippen LogP contribution in [0.25, 0.3) is 0 Å². The van der Waals surface area contributed by atoms with E-state index < -0.39 is 17.0 Å². The van der Waals surface area contributed by atoms with Crippen molar-refractivity contribution < 1.29 is 18.0 Å². The van der Waals surface area contributed by atoms with Gasteiger partial charge in [-0.15, -0.1) is 5.10 Å². The van der Waals surface area contributed by atoms with Gasteiger partial charge < -0.3 is 10.2 Å². The van der Waals surface area contributed by atoms with E-state index in [9.17, 15) is 18.0 Å². The number of hydrogen-bond acceptors (Lipinski definition) is 5. The Morgan fingerprint density at radius 3 is 2.55 bits per heavy atom. The normalized spacial score (nSPS) is 18.4. The lowest BCUT2D eigenvalue weighted by Crippen LogP contribution is -2.26. The molecule has 1 aliphatic heterocycles. The molecule has 1 atom stereocenters. The predicted octanol–water partition coefficient (Wildman–Crippen LogP) is 3.94. The number of halogens is 3. The molecule has 29 heavy (non-hydrogen) atoms. The number of carbonyl (C=O) groups is 1. The molecule has 2 aromatic rings. The highest BCUT2D eigenvalue weighted by molar-refractivity contribution is 8.15. The van der Waals surface area contributed by atoms with Crippen molar-refractivity contribution in [2.75, 3.05) is 19.0 Å². The number of carbonyl (C=O) groups excluding carboxylic acids is 1. The van der Waals surface area contributed by atoms with Crippen LogP contribution in [0.15, 0.2) is 58.7 Å². The van der Waals surface area contributed by atoms with Gasteiger partial charge in [0.05, 0.1) is 17.0 Å². The molecule has 9 heteroatoms. The summed E-state index contributed by atoms with van der Waals surface area (Å²) in [6.45, 7) is 0. The highest BCUT2D eigenvalue weighted by atomic mass is 32.2. The van der Waals surface area contributed by atoms with Crippen LogP contribution in [0.1, 0.15) is 16.7 Å². The Hall–Kier alpha value is -2.81. The summed E-state index contributed by atoms with van der Waals surface area (Å²) < 4.78 is 38.5. The lowest BCUT2D eigenvalue weighted by Gasteiger charge is -2.11. The van der Waals surface area contributed by atoms with Gasteiger partial charge in [0.2, 0.25) is 5.91 Å². The number of amidine groups is 1. The van der Waals surface area contributed by atoms with E-state index in [-0.39, 0.29) is 12.3 Å². The molecule has 0 saturated carbocycles. The molecule has 0 aromatic heterocycles. The van der Waals surface area contributed by atoms with E-state index in [1.54, 1.807) is 12.3 Å². The lowest BCUT2D eigenvalue weighted by molar-refractivity contribution is -0.137. The van der Waals surface area contributed by atoms with Crippen LogP contribution in [-0.4, -0.2) is 36.6 Å². The first kappa shape index (κ1) is 20.9. The van der Waals surface area contributed by atoms with Gasteiger partial charge in [0, 0.05) is 19.8 Å². The van der Waals surface area contributed by atoms with Gasteiger partial charge >= 0.3 is 6.18 Å². The van der Waals surface area contributed by atoms with Crippen LogP contribution in [0, 0.1) is 0 Å². The Kier molecular flexibility index (Phi) is 6.26. The number of nitrogens with zero attached hydrogens (tertiary/aromatic N) is 3. The van der Waals surface area contributed by atoms with Crippen LogP contribution >= 0.6 is 11.8 Å².